The van der Waals surface area contributed by atoms with Gasteiger partial charge < -0.3 is 14.8 Å². The maximum absolute atomic E-state index is 5.32. The Morgan fingerprint density at radius 3 is 2.72 bits per heavy atom. The van der Waals surface area contributed by atoms with E-state index in [9.17, 15) is 0 Å². The number of nitrogens with one attached hydrogen (secondary N) is 1. The lowest BCUT2D eigenvalue weighted by atomic mass is 10.2. The van der Waals surface area contributed by atoms with E-state index in [4.69, 9.17) is 9.47 Å². The van der Waals surface area contributed by atoms with Crippen molar-refractivity contribution in [3.63, 3.8) is 0 Å². The number of rotatable bonds is 5. The zero-order chi connectivity index (χ0) is 13.0. The fraction of sp³-hybridized carbons (Fsp3) is 0.308. The first-order chi connectivity index (χ1) is 8.72. The molecule has 1 aromatic carbocycles. The molecule has 0 fully saturated rings. The first kappa shape index (κ1) is 12.3. The van der Waals surface area contributed by atoms with Gasteiger partial charge in [-0.3, -0.25) is 4.68 Å². The van der Waals surface area contributed by atoms with Gasteiger partial charge >= 0.3 is 0 Å². The van der Waals surface area contributed by atoms with Crippen LogP contribution >= 0.6 is 0 Å². The van der Waals surface area contributed by atoms with Crippen LogP contribution in [-0.4, -0.2) is 24.0 Å². The fourth-order valence-electron chi connectivity index (χ4n) is 1.73. The van der Waals surface area contributed by atoms with Crippen LogP contribution in [0.5, 0.6) is 11.5 Å². The highest BCUT2D eigenvalue weighted by Gasteiger charge is 2.05. The highest BCUT2D eigenvalue weighted by atomic mass is 16.5. The Hall–Kier alpha value is -2.17. The molecular formula is C13H17N3O2. The average Bonchev–Trinajstić information content (AvgIpc) is 2.81. The number of aromatic nitrogens is 2. The maximum Gasteiger partial charge on any atom is 0.124 e. The summed E-state index contributed by atoms with van der Waals surface area (Å²) in [6.45, 7) is 0.659. The van der Waals surface area contributed by atoms with Crippen molar-refractivity contribution >= 4 is 5.69 Å². The Bertz CT molecular complexity index is 523. The van der Waals surface area contributed by atoms with Crippen LogP contribution in [0.3, 0.4) is 0 Å². The SMILES string of the molecule is COc1ccc(OC)c(CNc2cnn(C)c2)c1. The monoisotopic (exact) mass is 247 g/mol. The second kappa shape index (κ2) is 5.44. The van der Waals surface area contributed by atoms with E-state index in [0.29, 0.717) is 6.54 Å². The molecule has 1 N–H and O–H groups in total. The summed E-state index contributed by atoms with van der Waals surface area (Å²) in [6.07, 6.45) is 3.71. The minimum absolute atomic E-state index is 0.659. The maximum atomic E-state index is 5.32. The van der Waals surface area contributed by atoms with Crippen LogP contribution in [0.2, 0.25) is 0 Å². The van der Waals surface area contributed by atoms with Crippen LogP contribution in [0.25, 0.3) is 0 Å². The van der Waals surface area contributed by atoms with Gasteiger partial charge in [-0.15, -0.1) is 0 Å². The minimum atomic E-state index is 0.659. The summed E-state index contributed by atoms with van der Waals surface area (Å²) in [7, 11) is 5.20. The molecule has 5 heteroatoms. The topological polar surface area (TPSA) is 48.3 Å². The first-order valence-corrected chi connectivity index (χ1v) is 5.66. The highest BCUT2D eigenvalue weighted by Crippen LogP contribution is 2.24. The van der Waals surface area contributed by atoms with Crippen molar-refractivity contribution in [3.8, 4) is 11.5 Å². The van der Waals surface area contributed by atoms with Gasteiger partial charge in [0.05, 0.1) is 26.1 Å². The summed E-state index contributed by atoms with van der Waals surface area (Å²) in [5, 5.41) is 7.39. The summed E-state index contributed by atoms with van der Waals surface area (Å²) >= 11 is 0. The van der Waals surface area contributed by atoms with Crippen molar-refractivity contribution in [3.05, 3.63) is 36.2 Å². The number of ether oxygens (including phenoxy) is 2. The number of methoxy groups -OCH3 is 2. The molecule has 0 amide bonds. The van der Waals surface area contributed by atoms with Gasteiger partial charge in [0.2, 0.25) is 0 Å². The van der Waals surface area contributed by atoms with Crippen LogP contribution < -0.4 is 14.8 Å². The average molecular weight is 247 g/mol. The number of aryl methyl sites for hydroxylation is 1. The van der Waals surface area contributed by atoms with Crippen molar-refractivity contribution < 1.29 is 9.47 Å². The molecule has 0 saturated carbocycles. The van der Waals surface area contributed by atoms with E-state index in [-0.39, 0.29) is 0 Å². The van der Waals surface area contributed by atoms with Gasteiger partial charge in [-0.1, -0.05) is 0 Å². The molecule has 0 aliphatic heterocycles. The third-order valence-corrected chi connectivity index (χ3v) is 2.68. The Morgan fingerprint density at radius 2 is 2.11 bits per heavy atom. The van der Waals surface area contributed by atoms with Crippen molar-refractivity contribution in [2.24, 2.45) is 7.05 Å². The van der Waals surface area contributed by atoms with Gasteiger partial charge in [0.15, 0.2) is 0 Å². The molecular weight excluding hydrogens is 230 g/mol. The molecule has 0 unspecified atom stereocenters. The zero-order valence-corrected chi connectivity index (χ0v) is 10.8. The molecule has 96 valence electrons. The molecule has 18 heavy (non-hydrogen) atoms. The van der Waals surface area contributed by atoms with Gasteiger partial charge in [-0.05, 0) is 18.2 Å². The lowest BCUT2D eigenvalue weighted by Gasteiger charge is -2.11. The zero-order valence-electron chi connectivity index (χ0n) is 10.8. The molecule has 1 heterocycles. The standard InChI is InChI=1S/C13H17N3O2/c1-16-9-11(8-15-16)14-7-10-6-12(17-2)4-5-13(10)18-3/h4-6,8-9,14H,7H2,1-3H3. The molecule has 0 atom stereocenters. The van der Waals surface area contributed by atoms with E-state index in [1.54, 1.807) is 25.1 Å². The number of nitrogens with zero attached hydrogens (tertiary/aromatic N) is 2. The van der Waals surface area contributed by atoms with Gasteiger partial charge in [-0.2, -0.15) is 5.10 Å². The molecule has 2 aromatic rings. The van der Waals surface area contributed by atoms with E-state index in [2.05, 4.69) is 10.4 Å². The predicted octanol–water partition coefficient (Wildman–Crippen LogP) is 2.05. The lowest BCUT2D eigenvalue weighted by Crippen LogP contribution is -2.01. The van der Waals surface area contributed by atoms with Crippen LogP contribution in [0.4, 0.5) is 5.69 Å². The highest BCUT2D eigenvalue weighted by molar-refractivity contribution is 5.45. The summed E-state index contributed by atoms with van der Waals surface area (Å²) < 4.78 is 12.3. The molecule has 2 rings (SSSR count). The van der Waals surface area contributed by atoms with E-state index in [0.717, 1.165) is 22.7 Å². The third-order valence-electron chi connectivity index (χ3n) is 2.68. The number of benzene rings is 1. The summed E-state index contributed by atoms with van der Waals surface area (Å²) in [5.74, 6) is 1.66. The van der Waals surface area contributed by atoms with Crippen molar-refractivity contribution in [2.75, 3.05) is 19.5 Å². The second-order valence-electron chi connectivity index (χ2n) is 3.93. The summed E-state index contributed by atoms with van der Waals surface area (Å²) in [4.78, 5) is 0. The van der Waals surface area contributed by atoms with Crippen LogP contribution in [0.1, 0.15) is 5.56 Å². The number of hydrogen-bond donors (Lipinski definition) is 1. The Kier molecular flexibility index (Phi) is 3.72. The molecule has 0 aliphatic rings. The largest absolute Gasteiger partial charge is 0.497 e. The molecule has 0 aliphatic carbocycles. The Morgan fingerprint density at radius 1 is 1.28 bits per heavy atom. The number of anilines is 1. The van der Waals surface area contributed by atoms with Crippen LogP contribution in [-0.2, 0) is 13.6 Å². The normalized spacial score (nSPS) is 10.2. The van der Waals surface area contributed by atoms with Gasteiger partial charge in [0.25, 0.3) is 0 Å². The van der Waals surface area contributed by atoms with Crippen molar-refractivity contribution in [1.29, 1.82) is 0 Å². The molecule has 0 bridgehead atoms. The first-order valence-electron chi connectivity index (χ1n) is 5.66. The third kappa shape index (κ3) is 2.74. The van der Waals surface area contributed by atoms with Gasteiger partial charge in [-0.25, -0.2) is 0 Å². The van der Waals surface area contributed by atoms with Gasteiger partial charge in [0, 0.05) is 25.4 Å². The predicted molar refractivity (Wildman–Crippen MR) is 70.1 cm³/mol. The van der Waals surface area contributed by atoms with Crippen LogP contribution in [0.15, 0.2) is 30.6 Å². The van der Waals surface area contributed by atoms with E-state index >= 15 is 0 Å². The molecule has 0 saturated heterocycles. The number of hydrogen-bond acceptors (Lipinski definition) is 4. The quantitative estimate of drug-likeness (QED) is 0.878. The summed E-state index contributed by atoms with van der Waals surface area (Å²) in [6, 6.07) is 5.74. The molecule has 1 aromatic heterocycles. The lowest BCUT2D eigenvalue weighted by molar-refractivity contribution is 0.399. The smallest absolute Gasteiger partial charge is 0.124 e. The summed E-state index contributed by atoms with van der Waals surface area (Å²) in [5.41, 5.74) is 2.02. The molecule has 0 spiro atoms. The van der Waals surface area contributed by atoms with E-state index in [1.807, 2.05) is 31.4 Å². The van der Waals surface area contributed by atoms with Crippen molar-refractivity contribution in [1.82, 2.24) is 9.78 Å². The minimum Gasteiger partial charge on any atom is -0.497 e. The van der Waals surface area contributed by atoms with Crippen LogP contribution in [0, 0.1) is 0 Å². The van der Waals surface area contributed by atoms with E-state index < -0.39 is 0 Å². The second-order valence-corrected chi connectivity index (χ2v) is 3.93. The molecule has 5 nitrogen and oxygen atoms in total. The van der Waals surface area contributed by atoms with E-state index in [1.165, 1.54) is 0 Å². The Labute approximate surface area is 106 Å². The fourth-order valence-corrected chi connectivity index (χ4v) is 1.73. The molecule has 0 radical (unpaired) electrons. The Balaban J connectivity index is 2.11. The van der Waals surface area contributed by atoms with Gasteiger partial charge in [0.1, 0.15) is 11.5 Å². The van der Waals surface area contributed by atoms with Crippen molar-refractivity contribution in [2.45, 2.75) is 6.54 Å².